The summed E-state index contributed by atoms with van der Waals surface area (Å²) in [5.41, 5.74) is 0.995. The fourth-order valence-corrected chi connectivity index (χ4v) is 6.04. The molecule has 0 saturated carbocycles. The highest BCUT2D eigenvalue weighted by atomic mass is 32.2. The maximum absolute atomic E-state index is 15.1. The highest BCUT2D eigenvalue weighted by molar-refractivity contribution is 7.92. The monoisotopic (exact) mass is 605 g/mol. The number of rotatable bonds is 13. The second-order valence-electron chi connectivity index (χ2n) is 9.92. The van der Waals surface area contributed by atoms with Crippen molar-refractivity contribution < 1.29 is 26.8 Å². The van der Waals surface area contributed by atoms with E-state index in [2.05, 4.69) is 5.32 Å². The molecule has 0 fully saturated rings. The van der Waals surface area contributed by atoms with E-state index in [1.54, 1.807) is 6.07 Å². The molecule has 0 spiro atoms. The van der Waals surface area contributed by atoms with Crippen LogP contribution < -0.4 is 9.62 Å². The van der Waals surface area contributed by atoms with Crippen molar-refractivity contribution in [3.8, 4) is 0 Å². The van der Waals surface area contributed by atoms with Crippen molar-refractivity contribution >= 4 is 27.5 Å². The molecule has 4 aromatic rings. The molecule has 224 valence electrons. The number of hydrogen-bond acceptors (Lipinski definition) is 4. The Kier molecular flexibility index (Phi) is 10.6. The van der Waals surface area contributed by atoms with Gasteiger partial charge >= 0.3 is 0 Å². The van der Waals surface area contributed by atoms with Gasteiger partial charge in [-0.1, -0.05) is 79.7 Å². The molecule has 43 heavy (non-hydrogen) atoms. The van der Waals surface area contributed by atoms with Crippen LogP contribution in [0.2, 0.25) is 0 Å². The molecule has 0 saturated heterocycles. The Hall–Kier alpha value is -4.57. The largest absolute Gasteiger partial charge is 0.354 e. The lowest BCUT2D eigenvalue weighted by atomic mass is 10.0. The van der Waals surface area contributed by atoms with Crippen molar-refractivity contribution in [2.75, 3.05) is 17.4 Å². The molecule has 1 atom stereocenters. The molecule has 0 aromatic heterocycles. The molecule has 1 N–H and O–H groups in total. The molecule has 10 heteroatoms. The van der Waals surface area contributed by atoms with Crippen LogP contribution in [0.3, 0.4) is 0 Å². The van der Waals surface area contributed by atoms with Crippen molar-refractivity contribution in [3.63, 3.8) is 0 Å². The topological polar surface area (TPSA) is 86.8 Å². The van der Waals surface area contributed by atoms with Gasteiger partial charge in [0, 0.05) is 19.5 Å². The molecule has 7 nitrogen and oxygen atoms in total. The number of nitrogens with zero attached hydrogens (tertiary/aromatic N) is 2. The number of hydrogen-bond donors (Lipinski definition) is 1. The maximum atomic E-state index is 15.1. The first-order valence-electron chi connectivity index (χ1n) is 13.9. The zero-order valence-corrected chi connectivity index (χ0v) is 24.5. The fourth-order valence-electron chi connectivity index (χ4n) is 4.59. The lowest BCUT2D eigenvalue weighted by Gasteiger charge is -2.34. The van der Waals surface area contributed by atoms with Crippen molar-refractivity contribution in [1.29, 1.82) is 0 Å². The normalized spacial score (nSPS) is 11.9. The summed E-state index contributed by atoms with van der Waals surface area (Å²) in [5.74, 6) is -2.46. The summed E-state index contributed by atoms with van der Waals surface area (Å²) < 4.78 is 57.2. The summed E-state index contributed by atoms with van der Waals surface area (Å²) >= 11 is 0. The molecular formula is C33H33F2N3O4S. The Morgan fingerprint density at radius 2 is 1.40 bits per heavy atom. The average Bonchev–Trinajstić information content (AvgIpc) is 3.02. The Labute approximate surface area is 250 Å². The minimum absolute atomic E-state index is 0.118. The van der Waals surface area contributed by atoms with Gasteiger partial charge in [0.05, 0.1) is 10.6 Å². The molecule has 0 heterocycles. The van der Waals surface area contributed by atoms with Gasteiger partial charge in [-0.3, -0.25) is 13.9 Å². The van der Waals surface area contributed by atoms with E-state index in [1.807, 2.05) is 37.3 Å². The van der Waals surface area contributed by atoms with Crippen LogP contribution >= 0.6 is 0 Å². The van der Waals surface area contributed by atoms with Gasteiger partial charge in [0.25, 0.3) is 10.0 Å². The van der Waals surface area contributed by atoms with Gasteiger partial charge in [-0.2, -0.15) is 0 Å². The predicted molar refractivity (Wildman–Crippen MR) is 162 cm³/mol. The number of carbonyl (C=O) groups excluding carboxylic acids is 2. The zero-order valence-electron chi connectivity index (χ0n) is 23.7. The maximum Gasteiger partial charge on any atom is 0.264 e. The first-order valence-corrected chi connectivity index (χ1v) is 15.3. The summed E-state index contributed by atoms with van der Waals surface area (Å²) in [6, 6.07) is 26.3. The van der Waals surface area contributed by atoms with Gasteiger partial charge in [0.2, 0.25) is 11.8 Å². The van der Waals surface area contributed by atoms with Crippen molar-refractivity contribution in [2.45, 2.75) is 37.2 Å². The number of amides is 2. The molecule has 0 radical (unpaired) electrons. The van der Waals surface area contributed by atoms with Gasteiger partial charge in [-0.05, 0) is 53.9 Å². The molecule has 0 unspecified atom stereocenters. The van der Waals surface area contributed by atoms with Crippen LogP contribution in [-0.4, -0.2) is 44.3 Å². The van der Waals surface area contributed by atoms with Crippen LogP contribution in [0.15, 0.2) is 114 Å². The zero-order chi connectivity index (χ0) is 30.8. The molecule has 0 aliphatic carbocycles. The van der Waals surface area contributed by atoms with Crippen molar-refractivity contribution in [3.05, 3.63) is 132 Å². The third kappa shape index (κ3) is 8.04. The highest BCUT2D eigenvalue weighted by Gasteiger charge is 2.35. The highest BCUT2D eigenvalue weighted by Crippen LogP contribution is 2.27. The first-order chi connectivity index (χ1) is 20.7. The first kappa shape index (κ1) is 31.4. The molecule has 0 aliphatic rings. The molecular weight excluding hydrogens is 572 g/mol. The minimum atomic E-state index is -4.41. The molecule has 2 amide bonds. The Morgan fingerprint density at radius 3 is 2.02 bits per heavy atom. The van der Waals surface area contributed by atoms with Crippen LogP contribution in [0.25, 0.3) is 0 Å². The van der Waals surface area contributed by atoms with E-state index >= 15 is 4.39 Å². The fraction of sp³-hybridized carbons (Fsp3) is 0.212. The van der Waals surface area contributed by atoms with Gasteiger partial charge in [-0.25, -0.2) is 17.2 Å². The lowest BCUT2D eigenvalue weighted by molar-refractivity contribution is -0.140. The van der Waals surface area contributed by atoms with Gasteiger partial charge < -0.3 is 10.2 Å². The van der Waals surface area contributed by atoms with E-state index in [0.717, 1.165) is 15.9 Å². The number of halogens is 2. The summed E-state index contributed by atoms with van der Waals surface area (Å²) in [7, 11) is -4.41. The Balaban J connectivity index is 1.79. The van der Waals surface area contributed by atoms with Gasteiger partial charge in [0.15, 0.2) is 0 Å². The molecule has 0 bridgehead atoms. The second-order valence-corrected chi connectivity index (χ2v) is 11.8. The van der Waals surface area contributed by atoms with Crippen LogP contribution in [0.1, 0.15) is 24.5 Å². The number of para-hydroxylation sites is 1. The summed E-state index contributed by atoms with van der Waals surface area (Å²) in [4.78, 5) is 29.0. The summed E-state index contributed by atoms with van der Waals surface area (Å²) in [6.07, 6.45) is 0.792. The molecule has 4 rings (SSSR count). The third-order valence-corrected chi connectivity index (χ3v) is 8.59. The standard InChI is InChI=1S/C33H33F2N3O4S/c1-2-21-36-33(40)31(22-25-11-5-3-6-12-25)37(23-26-17-19-27(34)20-18-26)32(39)24-38(30-16-10-9-15-29(30)35)43(41,42)28-13-7-4-8-14-28/h3-20,31H,2,21-24H2,1H3,(H,36,40)/t31-/m0/s1. The van der Waals surface area contributed by atoms with E-state index < -0.39 is 46.1 Å². The van der Waals surface area contributed by atoms with E-state index in [0.29, 0.717) is 18.5 Å². The molecule has 4 aromatic carbocycles. The van der Waals surface area contributed by atoms with Crippen LogP contribution in [0, 0.1) is 11.6 Å². The average molecular weight is 606 g/mol. The van der Waals surface area contributed by atoms with E-state index in [4.69, 9.17) is 0 Å². The third-order valence-electron chi connectivity index (χ3n) is 6.82. The molecule has 0 aliphatic heterocycles. The van der Waals surface area contributed by atoms with E-state index in [1.165, 1.54) is 71.6 Å². The number of carbonyl (C=O) groups is 2. The summed E-state index contributed by atoms with van der Waals surface area (Å²) in [6.45, 7) is 1.36. The van der Waals surface area contributed by atoms with Crippen LogP contribution in [-0.2, 0) is 32.6 Å². The van der Waals surface area contributed by atoms with E-state index in [9.17, 15) is 22.4 Å². The van der Waals surface area contributed by atoms with Crippen molar-refractivity contribution in [2.24, 2.45) is 0 Å². The van der Waals surface area contributed by atoms with Crippen LogP contribution in [0.5, 0.6) is 0 Å². The SMILES string of the molecule is CCCNC(=O)[C@H](Cc1ccccc1)N(Cc1ccc(F)cc1)C(=O)CN(c1ccccc1F)S(=O)(=O)c1ccccc1. The van der Waals surface area contributed by atoms with Crippen molar-refractivity contribution in [1.82, 2.24) is 10.2 Å². The van der Waals surface area contributed by atoms with Gasteiger partial charge in [0.1, 0.15) is 24.2 Å². The van der Waals surface area contributed by atoms with E-state index in [-0.39, 0.29) is 23.5 Å². The Bertz CT molecular complexity index is 1620. The minimum Gasteiger partial charge on any atom is -0.354 e. The van der Waals surface area contributed by atoms with Crippen LogP contribution in [0.4, 0.5) is 14.5 Å². The Morgan fingerprint density at radius 1 is 0.791 bits per heavy atom. The van der Waals surface area contributed by atoms with Gasteiger partial charge in [-0.15, -0.1) is 0 Å². The number of benzene rings is 4. The number of nitrogens with one attached hydrogen (secondary N) is 1. The number of sulfonamides is 1. The lowest BCUT2D eigenvalue weighted by Crippen LogP contribution is -2.53. The predicted octanol–water partition coefficient (Wildman–Crippen LogP) is 5.33. The second kappa shape index (κ2) is 14.6. The number of anilines is 1. The quantitative estimate of drug-likeness (QED) is 0.223. The smallest absolute Gasteiger partial charge is 0.264 e. The summed E-state index contributed by atoms with van der Waals surface area (Å²) in [5, 5.41) is 2.85.